The number of unbranched alkanes of at least 4 members (excludes halogenated alkanes) is 1. The Morgan fingerprint density at radius 3 is 2.24 bits per heavy atom. The van der Waals surface area contributed by atoms with E-state index in [0.717, 1.165) is 12.8 Å². The number of hydrogen-bond donors (Lipinski definition) is 3. The lowest BCUT2D eigenvalue weighted by molar-refractivity contribution is -0.129. The second kappa shape index (κ2) is 10.7. The first-order valence-electron chi connectivity index (χ1n) is 9.41. The molecule has 1 atom stereocenters. The molecule has 2 rings (SSSR count). The van der Waals surface area contributed by atoms with Crippen LogP contribution in [0.25, 0.3) is 0 Å². The van der Waals surface area contributed by atoms with Gasteiger partial charge in [-0.15, -0.1) is 0 Å². The third-order valence-electron chi connectivity index (χ3n) is 4.56. The van der Waals surface area contributed by atoms with Gasteiger partial charge < -0.3 is 5.32 Å². The van der Waals surface area contributed by atoms with E-state index in [-0.39, 0.29) is 17.2 Å². The van der Waals surface area contributed by atoms with Gasteiger partial charge in [-0.2, -0.15) is 0 Å². The van der Waals surface area contributed by atoms with Crippen molar-refractivity contribution in [3.63, 3.8) is 0 Å². The summed E-state index contributed by atoms with van der Waals surface area (Å²) in [5.41, 5.74) is 3.18. The first kappa shape index (κ1) is 22.6. The zero-order valence-corrected chi connectivity index (χ0v) is 17.1. The molecule has 1 unspecified atom stereocenters. The molecule has 0 heterocycles. The SMILES string of the molecule is CC(=O)Nc1ccc(S(=O)(=O)C(CCCCc2ccccc2)CC(=O)NO)cc1. The maximum Gasteiger partial charge on any atom is 0.244 e. The Bertz CT molecular complexity index is 912. The van der Waals surface area contributed by atoms with Crippen LogP contribution in [0.4, 0.5) is 5.69 Å². The summed E-state index contributed by atoms with van der Waals surface area (Å²) >= 11 is 0. The molecular formula is C21H26N2O5S. The Morgan fingerprint density at radius 2 is 1.66 bits per heavy atom. The summed E-state index contributed by atoms with van der Waals surface area (Å²) in [6, 6.07) is 15.7. The fourth-order valence-corrected chi connectivity index (χ4v) is 4.84. The van der Waals surface area contributed by atoms with Crippen LogP contribution >= 0.6 is 0 Å². The van der Waals surface area contributed by atoms with Crippen molar-refractivity contribution < 1.29 is 23.2 Å². The van der Waals surface area contributed by atoms with Gasteiger partial charge in [0.2, 0.25) is 11.8 Å². The number of hydrogen-bond acceptors (Lipinski definition) is 5. The van der Waals surface area contributed by atoms with Crippen molar-refractivity contribution in [1.29, 1.82) is 0 Å². The molecule has 2 aromatic rings. The van der Waals surface area contributed by atoms with Crippen LogP contribution in [0, 0.1) is 0 Å². The van der Waals surface area contributed by atoms with E-state index in [4.69, 9.17) is 5.21 Å². The number of anilines is 1. The first-order valence-corrected chi connectivity index (χ1v) is 11.0. The van der Waals surface area contributed by atoms with Crippen molar-refractivity contribution in [3.05, 3.63) is 60.2 Å². The maximum atomic E-state index is 13.0. The third-order valence-corrected chi connectivity index (χ3v) is 6.77. The van der Waals surface area contributed by atoms with E-state index in [0.29, 0.717) is 18.5 Å². The lowest BCUT2D eigenvalue weighted by Crippen LogP contribution is -2.30. The van der Waals surface area contributed by atoms with Crippen LogP contribution in [0.2, 0.25) is 0 Å². The zero-order valence-electron chi connectivity index (χ0n) is 16.3. The number of amides is 2. The summed E-state index contributed by atoms with van der Waals surface area (Å²) in [6.07, 6.45) is 2.22. The molecule has 0 aliphatic carbocycles. The third kappa shape index (κ3) is 6.99. The molecule has 2 aromatic carbocycles. The number of rotatable bonds is 10. The standard InChI is InChI=1S/C21H26N2O5S/c1-16(24)22-18-11-13-19(14-12-18)29(27,28)20(15-21(25)23-26)10-6-5-9-17-7-3-2-4-8-17/h2-4,7-8,11-14,20,26H,5-6,9-10,15H2,1H3,(H,22,24)(H,23,25). The summed E-state index contributed by atoms with van der Waals surface area (Å²) in [5, 5.41) is 10.5. The van der Waals surface area contributed by atoms with Gasteiger partial charge in [-0.1, -0.05) is 36.8 Å². The van der Waals surface area contributed by atoms with Gasteiger partial charge in [0.25, 0.3) is 0 Å². The lowest BCUT2D eigenvalue weighted by Gasteiger charge is -2.17. The summed E-state index contributed by atoms with van der Waals surface area (Å²) in [6.45, 7) is 1.36. The highest BCUT2D eigenvalue weighted by atomic mass is 32.2. The van der Waals surface area contributed by atoms with E-state index in [2.05, 4.69) is 5.32 Å². The van der Waals surface area contributed by atoms with E-state index in [1.807, 2.05) is 30.3 Å². The van der Waals surface area contributed by atoms with Crippen LogP contribution in [0.1, 0.15) is 38.2 Å². The number of hydroxylamine groups is 1. The van der Waals surface area contributed by atoms with Gasteiger partial charge in [-0.3, -0.25) is 14.8 Å². The molecule has 0 saturated carbocycles. The van der Waals surface area contributed by atoms with Gasteiger partial charge >= 0.3 is 0 Å². The van der Waals surface area contributed by atoms with Crippen molar-refractivity contribution >= 4 is 27.3 Å². The van der Waals surface area contributed by atoms with Gasteiger partial charge in [0.05, 0.1) is 10.1 Å². The maximum absolute atomic E-state index is 13.0. The van der Waals surface area contributed by atoms with E-state index < -0.39 is 21.0 Å². The van der Waals surface area contributed by atoms with Gasteiger partial charge in [0.15, 0.2) is 9.84 Å². The fraction of sp³-hybridized carbons (Fsp3) is 0.333. The first-order chi connectivity index (χ1) is 13.8. The second-order valence-corrected chi connectivity index (χ2v) is 9.07. The molecule has 156 valence electrons. The number of aryl methyl sites for hydroxylation is 1. The highest BCUT2D eigenvalue weighted by molar-refractivity contribution is 7.92. The predicted octanol–water partition coefficient (Wildman–Crippen LogP) is 3.10. The Labute approximate surface area is 171 Å². The Morgan fingerprint density at radius 1 is 1.00 bits per heavy atom. The molecule has 29 heavy (non-hydrogen) atoms. The van der Waals surface area contributed by atoms with Gasteiger partial charge in [-0.05, 0) is 49.1 Å². The normalized spacial score (nSPS) is 12.2. The largest absolute Gasteiger partial charge is 0.326 e. The van der Waals surface area contributed by atoms with Gasteiger partial charge in [-0.25, -0.2) is 13.9 Å². The molecule has 8 heteroatoms. The number of carbonyl (C=O) groups excluding carboxylic acids is 2. The van der Waals surface area contributed by atoms with E-state index >= 15 is 0 Å². The molecule has 0 radical (unpaired) electrons. The van der Waals surface area contributed by atoms with Crippen molar-refractivity contribution in [2.24, 2.45) is 0 Å². The van der Waals surface area contributed by atoms with Crippen LogP contribution in [0.15, 0.2) is 59.5 Å². The van der Waals surface area contributed by atoms with Crippen molar-refractivity contribution in [3.8, 4) is 0 Å². The van der Waals surface area contributed by atoms with E-state index in [1.165, 1.54) is 42.2 Å². The smallest absolute Gasteiger partial charge is 0.244 e. The molecule has 3 N–H and O–H groups in total. The molecule has 0 aliphatic heterocycles. The molecule has 0 saturated heterocycles. The van der Waals surface area contributed by atoms with E-state index in [9.17, 15) is 18.0 Å². The van der Waals surface area contributed by atoms with Crippen molar-refractivity contribution in [2.75, 3.05) is 5.32 Å². The van der Waals surface area contributed by atoms with Gasteiger partial charge in [0, 0.05) is 19.0 Å². The molecule has 0 aromatic heterocycles. The molecule has 0 fully saturated rings. The molecule has 2 amide bonds. The average molecular weight is 419 g/mol. The van der Waals surface area contributed by atoms with E-state index in [1.54, 1.807) is 0 Å². The number of benzene rings is 2. The Hall–Kier alpha value is -2.71. The van der Waals surface area contributed by atoms with Crippen LogP contribution in [-0.2, 0) is 25.8 Å². The van der Waals surface area contributed by atoms with Gasteiger partial charge in [0.1, 0.15) is 0 Å². The lowest BCUT2D eigenvalue weighted by atomic mass is 10.1. The minimum absolute atomic E-state index is 0.0744. The second-order valence-electron chi connectivity index (χ2n) is 6.84. The summed E-state index contributed by atoms with van der Waals surface area (Å²) < 4.78 is 26.1. The van der Waals surface area contributed by atoms with Crippen LogP contribution in [0.3, 0.4) is 0 Å². The molecular weight excluding hydrogens is 392 g/mol. The summed E-state index contributed by atoms with van der Waals surface area (Å²) in [4.78, 5) is 22.8. The fourth-order valence-electron chi connectivity index (χ4n) is 3.09. The molecule has 0 spiro atoms. The van der Waals surface area contributed by atoms with Crippen LogP contribution in [-0.4, -0.2) is 30.7 Å². The summed E-state index contributed by atoms with van der Waals surface area (Å²) in [5.74, 6) is -0.993. The van der Waals surface area contributed by atoms with Crippen LogP contribution in [0.5, 0.6) is 0 Å². The highest BCUT2D eigenvalue weighted by Crippen LogP contribution is 2.24. The number of carbonyl (C=O) groups is 2. The molecule has 7 nitrogen and oxygen atoms in total. The number of sulfone groups is 1. The van der Waals surface area contributed by atoms with Crippen molar-refractivity contribution in [2.45, 2.75) is 49.2 Å². The highest BCUT2D eigenvalue weighted by Gasteiger charge is 2.29. The predicted molar refractivity (Wildman–Crippen MR) is 110 cm³/mol. The van der Waals surface area contributed by atoms with Crippen molar-refractivity contribution in [1.82, 2.24) is 5.48 Å². The quantitative estimate of drug-likeness (QED) is 0.312. The Balaban J connectivity index is 2.07. The molecule has 0 bridgehead atoms. The Kier molecular flexibility index (Phi) is 8.35. The minimum atomic E-state index is -3.78. The molecule has 0 aliphatic rings. The topological polar surface area (TPSA) is 113 Å². The van der Waals surface area contributed by atoms with Crippen LogP contribution < -0.4 is 10.8 Å². The minimum Gasteiger partial charge on any atom is -0.326 e. The summed E-state index contributed by atoms with van der Waals surface area (Å²) in [7, 11) is -3.78. The average Bonchev–Trinajstić information content (AvgIpc) is 2.70. The monoisotopic (exact) mass is 418 g/mol. The number of nitrogens with one attached hydrogen (secondary N) is 2. The zero-order chi connectivity index (χ0) is 21.3.